The molecule has 0 aliphatic heterocycles. The Balaban J connectivity index is 2.01. The van der Waals surface area contributed by atoms with E-state index in [9.17, 15) is 0 Å². The number of H-pyrrole nitrogens is 1. The van der Waals surface area contributed by atoms with E-state index in [-0.39, 0.29) is 6.61 Å². The number of hydrogen-bond donors (Lipinski definition) is 5. The molecule has 2 aromatic rings. The molecule has 0 bridgehead atoms. The fourth-order valence-electron chi connectivity index (χ4n) is 1.78. The van der Waals surface area contributed by atoms with E-state index in [0.717, 1.165) is 24.8 Å². The highest BCUT2D eigenvalue weighted by Gasteiger charge is 2.08. The van der Waals surface area contributed by atoms with Crippen LogP contribution in [-0.4, -0.2) is 38.4 Å². The van der Waals surface area contributed by atoms with Gasteiger partial charge in [0.05, 0.1) is 11.6 Å². The third kappa shape index (κ3) is 3.30. The van der Waals surface area contributed by atoms with Crippen LogP contribution >= 0.6 is 0 Å². The summed E-state index contributed by atoms with van der Waals surface area (Å²) >= 11 is 0. The Morgan fingerprint density at radius 3 is 3.05 bits per heavy atom. The maximum absolute atomic E-state index is 8.96. The molecule has 0 saturated heterocycles. The molecule has 0 spiro atoms. The highest BCUT2D eigenvalue weighted by molar-refractivity contribution is 5.86. The van der Waals surface area contributed by atoms with Crippen molar-refractivity contribution >= 4 is 22.8 Å². The van der Waals surface area contributed by atoms with Crippen LogP contribution in [0.5, 0.6) is 0 Å². The lowest BCUT2D eigenvalue weighted by Crippen LogP contribution is -2.13. The van der Waals surface area contributed by atoms with E-state index in [0.29, 0.717) is 23.3 Å². The van der Waals surface area contributed by atoms with Gasteiger partial charge in [-0.3, -0.25) is 10.5 Å². The fraction of sp³-hybridized carbons (Fsp3) is 0.545. The van der Waals surface area contributed by atoms with Gasteiger partial charge in [0.2, 0.25) is 5.95 Å². The molecule has 2 rings (SSSR count). The molecule has 8 nitrogen and oxygen atoms in total. The fourth-order valence-corrected chi connectivity index (χ4v) is 1.78. The van der Waals surface area contributed by atoms with Crippen molar-refractivity contribution in [2.45, 2.75) is 19.8 Å². The van der Waals surface area contributed by atoms with Crippen LogP contribution in [0.3, 0.4) is 0 Å². The highest BCUT2D eigenvalue weighted by Crippen LogP contribution is 2.19. The van der Waals surface area contributed by atoms with Crippen LogP contribution in [0.25, 0.3) is 11.0 Å². The van der Waals surface area contributed by atoms with Crippen molar-refractivity contribution in [3.63, 3.8) is 0 Å². The maximum atomic E-state index is 8.96. The molecular formula is C11H19N7O. The summed E-state index contributed by atoms with van der Waals surface area (Å²) in [5.41, 5.74) is 3.06. The molecule has 104 valence electrons. The summed E-state index contributed by atoms with van der Waals surface area (Å²) in [5, 5.41) is 19.7. The molecule has 0 amide bonds. The van der Waals surface area contributed by atoms with Gasteiger partial charge in [-0.25, -0.2) is 5.84 Å². The molecule has 0 aliphatic rings. The minimum atomic E-state index is 0.223. The maximum Gasteiger partial charge on any atom is 0.241 e. The molecule has 1 unspecified atom stereocenters. The molecule has 0 saturated carbocycles. The van der Waals surface area contributed by atoms with Crippen LogP contribution in [0, 0.1) is 5.92 Å². The minimum absolute atomic E-state index is 0.223. The number of nitrogens with one attached hydrogen (secondary N) is 3. The molecular weight excluding hydrogens is 246 g/mol. The SMILES string of the molecule is CC(CO)CCCNc1nc(NN)nc2[nH]ncc12. The second-order valence-electron chi connectivity index (χ2n) is 4.53. The molecule has 8 heteroatoms. The summed E-state index contributed by atoms with van der Waals surface area (Å²) < 4.78 is 0. The number of nitrogens with two attached hydrogens (primary N) is 1. The first-order chi connectivity index (χ1) is 9.24. The van der Waals surface area contributed by atoms with Gasteiger partial charge >= 0.3 is 0 Å². The second kappa shape index (κ2) is 6.30. The standard InChI is InChI=1S/C11H19N7O/c1-7(6-19)3-2-4-13-9-8-5-14-18-10(8)16-11(15-9)17-12/h5,7,19H,2-4,6,12H2,1H3,(H3,13,14,15,16,17,18). The Hall–Kier alpha value is -1.93. The smallest absolute Gasteiger partial charge is 0.241 e. The van der Waals surface area contributed by atoms with Crippen molar-refractivity contribution in [2.24, 2.45) is 11.8 Å². The molecule has 2 aromatic heterocycles. The molecule has 1 atom stereocenters. The lowest BCUT2D eigenvalue weighted by molar-refractivity contribution is 0.229. The van der Waals surface area contributed by atoms with Crippen molar-refractivity contribution in [1.82, 2.24) is 20.2 Å². The van der Waals surface area contributed by atoms with E-state index in [4.69, 9.17) is 10.9 Å². The van der Waals surface area contributed by atoms with Gasteiger partial charge in [-0.2, -0.15) is 15.1 Å². The molecule has 0 aliphatic carbocycles. The normalized spacial score (nSPS) is 12.6. The Kier molecular flexibility index (Phi) is 4.48. The number of aromatic nitrogens is 4. The summed E-state index contributed by atoms with van der Waals surface area (Å²) in [5.74, 6) is 6.68. The number of hydrazine groups is 1. The molecule has 2 heterocycles. The van der Waals surface area contributed by atoms with Crippen molar-refractivity contribution in [3.05, 3.63) is 6.20 Å². The number of nitrogen functional groups attached to an aromatic ring is 1. The largest absolute Gasteiger partial charge is 0.396 e. The average molecular weight is 265 g/mol. The van der Waals surface area contributed by atoms with E-state index in [2.05, 4.69) is 30.9 Å². The van der Waals surface area contributed by atoms with E-state index in [1.165, 1.54) is 0 Å². The van der Waals surface area contributed by atoms with Gasteiger partial charge in [0.15, 0.2) is 5.65 Å². The number of anilines is 2. The number of hydrogen-bond acceptors (Lipinski definition) is 7. The lowest BCUT2D eigenvalue weighted by atomic mass is 10.1. The summed E-state index contributed by atoms with van der Waals surface area (Å²) in [7, 11) is 0. The summed E-state index contributed by atoms with van der Waals surface area (Å²) in [4.78, 5) is 8.41. The zero-order valence-electron chi connectivity index (χ0n) is 10.8. The predicted octanol–water partition coefficient (Wildman–Crippen LogP) is 0.459. The van der Waals surface area contributed by atoms with Crippen molar-refractivity contribution in [1.29, 1.82) is 0 Å². The number of aliphatic hydroxyl groups excluding tert-OH is 1. The third-order valence-corrected chi connectivity index (χ3v) is 2.92. The van der Waals surface area contributed by atoms with Gasteiger partial charge in [-0.15, -0.1) is 0 Å². The van der Waals surface area contributed by atoms with Crippen LogP contribution in [0.15, 0.2) is 6.20 Å². The number of fused-ring (bicyclic) bond motifs is 1. The molecule has 0 fully saturated rings. The number of rotatable bonds is 7. The number of aliphatic hydroxyl groups is 1. The van der Waals surface area contributed by atoms with Gasteiger partial charge in [-0.1, -0.05) is 6.92 Å². The zero-order chi connectivity index (χ0) is 13.7. The molecule has 6 N–H and O–H groups in total. The zero-order valence-corrected chi connectivity index (χ0v) is 10.8. The molecule has 0 radical (unpaired) electrons. The monoisotopic (exact) mass is 265 g/mol. The van der Waals surface area contributed by atoms with E-state index in [1.807, 2.05) is 6.92 Å². The summed E-state index contributed by atoms with van der Waals surface area (Å²) in [6.07, 6.45) is 3.59. The Bertz CT molecular complexity index is 527. The van der Waals surface area contributed by atoms with E-state index >= 15 is 0 Å². The van der Waals surface area contributed by atoms with Crippen molar-refractivity contribution in [3.8, 4) is 0 Å². The Labute approximate surface area is 110 Å². The molecule has 19 heavy (non-hydrogen) atoms. The van der Waals surface area contributed by atoms with Gasteiger partial charge in [0, 0.05) is 13.2 Å². The van der Waals surface area contributed by atoms with Crippen molar-refractivity contribution in [2.75, 3.05) is 23.9 Å². The minimum Gasteiger partial charge on any atom is -0.396 e. The highest BCUT2D eigenvalue weighted by atomic mass is 16.3. The van der Waals surface area contributed by atoms with Crippen molar-refractivity contribution < 1.29 is 5.11 Å². The summed E-state index contributed by atoms with van der Waals surface area (Å²) in [6, 6.07) is 0. The first-order valence-corrected chi connectivity index (χ1v) is 6.27. The quantitative estimate of drug-likeness (QED) is 0.280. The molecule has 0 aromatic carbocycles. The van der Waals surface area contributed by atoms with E-state index < -0.39 is 0 Å². The first kappa shape index (κ1) is 13.5. The topological polar surface area (TPSA) is 125 Å². The van der Waals surface area contributed by atoms with Gasteiger partial charge < -0.3 is 10.4 Å². The van der Waals surface area contributed by atoms with E-state index in [1.54, 1.807) is 6.20 Å². The predicted molar refractivity (Wildman–Crippen MR) is 73.5 cm³/mol. The first-order valence-electron chi connectivity index (χ1n) is 6.27. The van der Waals surface area contributed by atoms with Gasteiger partial charge in [-0.05, 0) is 18.8 Å². The van der Waals surface area contributed by atoms with Crippen LogP contribution < -0.4 is 16.6 Å². The lowest BCUT2D eigenvalue weighted by Gasteiger charge is -2.10. The van der Waals surface area contributed by atoms with Gasteiger partial charge in [0.1, 0.15) is 5.82 Å². The Morgan fingerprint density at radius 1 is 1.47 bits per heavy atom. The second-order valence-corrected chi connectivity index (χ2v) is 4.53. The van der Waals surface area contributed by atoms with Crippen LogP contribution in [0.4, 0.5) is 11.8 Å². The number of aromatic amines is 1. The summed E-state index contributed by atoms with van der Waals surface area (Å²) in [6.45, 7) is 3.02. The Morgan fingerprint density at radius 2 is 2.32 bits per heavy atom. The van der Waals surface area contributed by atoms with Crippen LogP contribution in [0.1, 0.15) is 19.8 Å². The van der Waals surface area contributed by atoms with Gasteiger partial charge in [0.25, 0.3) is 0 Å². The number of nitrogens with zero attached hydrogens (tertiary/aromatic N) is 3. The van der Waals surface area contributed by atoms with Crippen LogP contribution in [-0.2, 0) is 0 Å². The average Bonchev–Trinajstić information content (AvgIpc) is 2.91. The third-order valence-electron chi connectivity index (χ3n) is 2.92. The van der Waals surface area contributed by atoms with Crippen LogP contribution in [0.2, 0.25) is 0 Å².